The first-order valence-electron chi connectivity index (χ1n) is 13.8. The predicted molar refractivity (Wildman–Crippen MR) is 146 cm³/mol. The number of rotatable bonds is 7. The summed E-state index contributed by atoms with van der Waals surface area (Å²) in [7, 11) is -3.92. The number of carbonyl (C=O) groups is 2. The van der Waals surface area contributed by atoms with Crippen molar-refractivity contribution >= 4 is 21.8 Å². The Bertz CT molecular complexity index is 1270. The summed E-state index contributed by atoms with van der Waals surface area (Å²) >= 11 is 0. The first-order chi connectivity index (χ1) is 18.3. The van der Waals surface area contributed by atoms with Crippen LogP contribution in [-0.2, 0) is 32.6 Å². The fraction of sp³-hybridized carbons (Fsp3) is 0.517. The first-order valence-corrected chi connectivity index (χ1v) is 15.2. The van der Waals surface area contributed by atoms with E-state index in [9.17, 15) is 18.0 Å². The minimum atomic E-state index is -3.92. The van der Waals surface area contributed by atoms with Gasteiger partial charge < -0.3 is 10.6 Å². The van der Waals surface area contributed by atoms with Crippen LogP contribution < -0.4 is 10.6 Å². The molecule has 3 aliphatic rings. The van der Waals surface area contributed by atoms with Crippen LogP contribution >= 0.6 is 0 Å². The number of likely N-dealkylation sites (tertiary alicyclic amines) is 1. The minimum absolute atomic E-state index is 0.00967. The molecule has 9 heteroatoms. The van der Waals surface area contributed by atoms with E-state index >= 15 is 0 Å². The van der Waals surface area contributed by atoms with Crippen LogP contribution in [0.1, 0.15) is 66.8 Å². The number of amides is 2. The third-order valence-corrected chi connectivity index (χ3v) is 9.91. The molecule has 1 unspecified atom stereocenters. The van der Waals surface area contributed by atoms with Crippen molar-refractivity contribution in [3.05, 3.63) is 64.7 Å². The Hall–Kier alpha value is -2.75. The molecule has 2 aliphatic heterocycles. The molecule has 2 amide bonds. The second-order valence-corrected chi connectivity index (χ2v) is 12.8. The number of piperidine rings is 1. The van der Waals surface area contributed by atoms with Crippen LogP contribution in [0, 0.1) is 6.92 Å². The zero-order chi connectivity index (χ0) is 26.7. The molecule has 8 nitrogen and oxygen atoms in total. The van der Waals surface area contributed by atoms with Gasteiger partial charge in [0.15, 0.2) is 0 Å². The number of fused-ring (bicyclic) bond motifs is 1. The number of hydrogen-bond acceptors (Lipinski definition) is 5. The fourth-order valence-electron chi connectivity index (χ4n) is 5.92. The number of carbonyl (C=O) groups excluding carboxylic acids is 2. The number of sulfonamides is 1. The van der Waals surface area contributed by atoms with Gasteiger partial charge in [-0.2, -0.15) is 4.31 Å². The number of hydrogen-bond donors (Lipinski definition) is 2. The van der Waals surface area contributed by atoms with E-state index in [0.717, 1.165) is 50.0 Å². The van der Waals surface area contributed by atoms with Crippen molar-refractivity contribution in [1.82, 2.24) is 19.8 Å². The highest BCUT2D eigenvalue weighted by atomic mass is 32.2. The van der Waals surface area contributed by atoms with Crippen LogP contribution in [-0.4, -0.2) is 61.7 Å². The average molecular weight is 539 g/mol. The summed E-state index contributed by atoms with van der Waals surface area (Å²) in [5.74, 6) is -0.565. The van der Waals surface area contributed by atoms with Gasteiger partial charge in [-0.05, 0) is 80.9 Å². The Kier molecular flexibility index (Phi) is 8.16. The first kappa shape index (κ1) is 26.8. The maximum Gasteiger partial charge on any atom is 0.243 e. The van der Waals surface area contributed by atoms with Crippen molar-refractivity contribution in [2.75, 3.05) is 26.2 Å². The largest absolute Gasteiger partial charge is 0.353 e. The third kappa shape index (κ3) is 6.11. The summed E-state index contributed by atoms with van der Waals surface area (Å²) in [5, 5.41) is 5.90. The van der Waals surface area contributed by atoms with Crippen LogP contribution in [0.15, 0.2) is 47.4 Å². The van der Waals surface area contributed by atoms with E-state index in [1.807, 2.05) is 6.92 Å². The molecule has 2 heterocycles. The highest BCUT2D eigenvalue weighted by Gasteiger charge is 2.38. The molecule has 5 rings (SSSR count). The lowest BCUT2D eigenvalue weighted by atomic mass is 9.86. The van der Waals surface area contributed by atoms with Gasteiger partial charge in [-0.25, -0.2) is 8.42 Å². The normalized spacial score (nSPS) is 22.9. The molecule has 0 spiro atoms. The SMILES string of the molecule is Cc1ccc(S(=O)(=O)N2CC(=O)NC[C@H]2CC(=O)NC2CCCc3cc(CN4CCCCC4)ccc32)cc1. The maximum absolute atomic E-state index is 13.4. The Labute approximate surface area is 225 Å². The smallest absolute Gasteiger partial charge is 0.243 e. The molecule has 0 bridgehead atoms. The second-order valence-electron chi connectivity index (χ2n) is 10.9. The molecule has 204 valence electrons. The van der Waals surface area contributed by atoms with E-state index in [4.69, 9.17) is 0 Å². The Morgan fingerprint density at radius 2 is 1.82 bits per heavy atom. The summed E-state index contributed by atoms with van der Waals surface area (Å²) in [6, 6.07) is 12.5. The number of benzene rings is 2. The minimum Gasteiger partial charge on any atom is -0.353 e. The number of nitrogens with zero attached hydrogens (tertiary/aromatic N) is 2. The van der Waals surface area contributed by atoms with Crippen molar-refractivity contribution in [2.24, 2.45) is 0 Å². The lowest BCUT2D eigenvalue weighted by Crippen LogP contribution is -2.57. The van der Waals surface area contributed by atoms with Gasteiger partial charge in [-0.15, -0.1) is 0 Å². The Balaban J connectivity index is 1.26. The Morgan fingerprint density at radius 1 is 1.05 bits per heavy atom. The average Bonchev–Trinajstić information content (AvgIpc) is 2.90. The summed E-state index contributed by atoms with van der Waals surface area (Å²) < 4.78 is 27.9. The molecule has 2 atom stereocenters. The van der Waals surface area contributed by atoms with E-state index in [2.05, 4.69) is 33.7 Å². The van der Waals surface area contributed by atoms with Crippen molar-refractivity contribution in [2.45, 2.75) is 75.4 Å². The quantitative estimate of drug-likeness (QED) is 0.565. The fourth-order valence-corrected chi connectivity index (χ4v) is 7.50. The summed E-state index contributed by atoms with van der Waals surface area (Å²) in [5.41, 5.74) is 4.73. The van der Waals surface area contributed by atoms with Crippen LogP contribution in [0.5, 0.6) is 0 Å². The summed E-state index contributed by atoms with van der Waals surface area (Å²) in [6.45, 7) is 5.00. The molecule has 1 aliphatic carbocycles. The molecule has 0 saturated carbocycles. The van der Waals surface area contributed by atoms with Gasteiger partial charge in [-0.3, -0.25) is 14.5 Å². The molecule has 2 saturated heterocycles. The Morgan fingerprint density at radius 3 is 2.58 bits per heavy atom. The highest BCUT2D eigenvalue weighted by Crippen LogP contribution is 2.31. The second kappa shape index (κ2) is 11.6. The lowest BCUT2D eigenvalue weighted by molar-refractivity contribution is -0.127. The van der Waals surface area contributed by atoms with Gasteiger partial charge in [0.25, 0.3) is 0 Å². The molecule has 2 aromatic rings. The van der Waals surface area contributed by atoms with Gasteiger partial charge in [0, 0.05) is 19.5 Å². The van der Waals surface area contributed by atoms with Gasteiger partial charge in [0.05, 0.1) is 23.5 Å². The van der Waals surface area contributed by atoms with Crippen LogP contribution in [0.4, 0.5) is 0 Å². The molecular weight excluding hydrogens is 500 g/mol. The monoisotopic (exact) mass is 538 g/mol. The zero-order valence-corrected chi connectivity index (χ0v) is 22.9. The van der Waals surface area contributed by atoms with Crippen LogP contribution in [0.2, 0.25) is 0 Å². The van der Waals surface area contributed by atoms with Gasteiger partial charge >= 0.3 is 0 Å². The predicted octanol–water partition coefficient (Wildman–Crippen LogP) is 3.05. The molecule has 0 aromatic heterocycles. The highest BCUT2D eigenvalue weighted by molar-refractivity contribution is 7.89. The number of nitrogens with one attached hydrogen (secondary N) is 2. The zero-order valence-electron chi connectivity index (χ0n) is 22.1. The van der Waals surface area contributed by atoms with Crippen molar-refractivity contribution < 1.29 is 18.0 Å². The molecule has 2 aromatic carbocycles. The van der Waals surface area contributed by atoms with E-state index < -0.39 is 16.1 Å². The van der Waals surface area contributed by atoms with Crippen molar-refractivity contribution in [1.29, 1.82) is 0 Å². The van der Waals surface area contributed by atoms with E-state index in [-0.39, 0.29) is 42.3 Å². The maximum atomic E-state index is 13.4. The van der Waals surface area contributed by atoms with E-state index in [1.54, 1.807) is 24.3 Å². The lowest BCUT2D eigenvalue weighted by Gasteiger charge is -2.35. The van der Waals surface area contributed by atoms with Gasteiger partial charge in [0.1, 0.15) is 0 Å². The van der Waals surface area contributed by atoms with Gasteiger partial charge in [0.2, 0.25) is 21.8 Å². The van der Waals surface area contributed by atoms with E-state index in [0.29, 0.717) is 0 Å². The van der Waals surface area contributed by atoms with Crippen LogP contribution in [0.3, 0.4) is 0 Å². The number of piperazine rings is 1. The number of aryl methyl sites for hydroxylation is 2. The van der Waals surface area contributed by atoms with E-state index in [1.165, 1.54) is 34.7 Å². The standard InChI is InChI=1S/C29H38N4O4S/c1-21-8-11-25(12-9-21)38(36,37)33-20-29(35)30-18-24(33)17-28(34)31-27-7-5-6-23-16-22(10-13-26(23)27)19-32-14-3-2-4-15-32/h8-13,16,24,27H,2-7,14-15,17-20H2,1H3,(H,30,35)(H,31,34)/t24-,27?/m1/s1. The third-order valence-electron chi connectivity index (χ3n) is 8.00. The van der Waals surface area contributed by atoms with Crippen molar-refractivity contribution in [3.8, 4) is 0 Å². The molecule has 2 N–H and O–H groups in total. The summed E-state index contributed by atoms with van der Waals surface area (Å²) in [6.07, 6.45) is 6.72. The molecule has 0 radical (unpaired) electrons. The molecule has 38 heavy (non-hydrogen) atoms. The summed E-state index contributed by atoms with van der Waals surface area (Å²) in [4.78, 5) is 28.0. The topological polar surface area (TPSA) is 98.8 Å². The molecule has 2 fully saturated rings. The van der Waals surface area contributed by atoms with Crippen molar-refractivity contribution in [3.63, 3.8) is 0 Å². The molecular formula is C29H38N4O4S. The van der Waals surface area contributed by atoms with Gasteiger partial charge in [-0.1, -0.05) is 42.3 Å². The van der Waals surface area contributed by atoms with Crippen LogP contribution in [0.25, 0.3) is 0 Å².